The van der Waals surface area contributed by atoms with Crippen LogP contribution in [0.5, 0.6) is 0 Å². The van der Waals surface area contributed by atoms with E-state index in [9.17, 15) is 23.2 Å². The van der Waals surface area contributed by atoms with E-state index in [1.165, 1.54) is 24.2 Å². The number of carbonyl (C=O) groups excluding carboxylic acids is 1. The highest BCUT2D eigenvalue weighted by Gasteiger charge is 2.19. The molecule has 122 valence electrons. The predicted molar refractivity (Wildman–Crippen MR) is 78.9 cm³/mol. The molecule has 0 saturated heterocycles. The highest BCUT2D eigenvalue weighted by Crippen LogP contribution is 2.21. The normalized spacial score (nSPS) is 12.0. The van der Waals surface area contributed by atoms with Crippen molar-refractivity contribution >= 4 is 5.91 Å². The van der Waals surface area contributed by atoms with E-state index < -0.39 is 34.8 Å². The summed E-state index contributed by atoms with van der Waals surface area (Å²) in [6.45, 7) is 1.38. The van der Waals surface area contributed by atoms with Crippen LogP contribution in [0.15, 0.2) is 40.1 Å². The summed E-state index contributed by atoms with van der Waals surface area (Å²) < 4.78 is 27.3. The molecule has 0 aliphatic heterocycles. The molecule has 8 heteroatoms. The average molecular weight is 323 g/mol. The number of hydrogen-bond acceptors (Lipinski definition) is 3. The van der Waals surface area contributed by atoms with Crippen LogP contribution < -0.4 is 11.2 Å². The van der Waals surface area contributed by atoms with Gasteiger partial charge in [0.1, 0.15) is 6.54 Å². The molecule has 1 aromatic carbocycles. The van der Waals surface area contributed by atoms with Crippen molar-refractivity contribution in [2.45, 2.75) is 19.5 Å². The molecule has 0 aliphatic carbocycles. The largest absolute Gasteiger partial charge is 0.337 e. The second-order valence-electron chi connectivity index (χ2n) is 5.09. The first-order valence-electron chi connectivity index (χ1n) is 6.80. The van der Waals surface area contributed by atoms with Gasteiger partial charge in [0.2, 0.25) is 5.91 Å². The summed E-state index contributed by atoms with van der Waals surface area (Å²) in [6, 6.07) is 4.02. The third-order valence-electron chi connectivity index (χ3n) is 3.60. The number of halogens is 2. The molecule has 1 heterocycles. The van der Waals surface area contributed by atoms with Crippen LogP contribution in [0.25, 0.3) is 0 Å². The molecule has 0 fully saturated rings. The third kappa shape index (κ3) is 3.71. The highest BCUT2D eigenvalue weighted by molar-refractivity contribution is 5.76. The lowest BCUT2D eigenvalue weighted by atomic mass is 10.1. The molecule has 23 heavy (non-hydrogen) atoms. The Morgan fingerprint density at radius 3 is 2.57 bits per heavy atom. The van der Waals surface area contributed by atoms with Gasteiger partial charge in [-0.2, -0.15) is 0 Å². The monoisotopic (exact) mass is 323 g/mol. The van der Waals surface area contributed by atoms with E-state index in [4.69, 9.17) is 0 Å². The van der Waals surface area contributed by atoms with Gasteiger partial charge >= 0.3 is 5.69 Å². The molecule has 0 radical (unpaired) electrons. The lowest BCUT2D eigenvalue weighted by Crippen LogP contribution is -2.37. The molecule has 1 amide bonds. The Balaban J connectivity index is 2.16. The predicted octanol–water partition coefficient (Wildman–Crippen LogP) is 1.03. The van der Waals surface area contributed by atoms with E-state index >= 15 is 0 Å². The summed E-state index contributed by atoms with van der Waals surface area (Å²) in [6.07, 6.45) is 1.22. The minimum atomic E-state index is -0.993. The molecule has 6 nitrogen and oxygen atoms in total. The maximum atomic E-state index is 13.3. The molecule has 0 unspecified atom stereocenters. The summed E-state index contributed by atoms with van der Waals surface area (Å²) in [5, 5.41) is 0. The Labute approximate surface area is 130 Å². The summed E-state index contributed by atoms with van der Waals surface area (Å²) in [4.78, 5) is 38.1. The van der Waals surface area contributed by atoms with Crippen molar-refractivity contribution < 1.29 is 13.6 Å². The van der Waals surface area contributed by atoms with Crippen LogP contribution in [0, 0.1) is 11.6 Å². The fraction of sp³-hybridized carbons (Fsp3) is 0.267. The Bertz CT molecular complexity index is 844. The number of nitrogens with zero attached hydrogens (tertiary/aromatic N) is 2. The minimum absolute atomic E-state index is 0.278. The molecule has 0 spiro atoms. The Morgan fingerprint density at radius 2 is 1.96 bits per heavy atom. The Hall–Kier alpha value is -2.77. The summed E-state index contributed by atoms with van der Waals surface area (Å²) in [5.74, 6) is -2.38. The molecule has 1 atom stereocenters. The van der Waals surface area contributed by atoms with Gasteiger partial charge in [0.15, 0.2) is 11.6 Å². The van der Waals surface area contributed by atoms with Crippen LogP contribution in [0.1, 0.15) is 18.5 Å². The number of hydrogen-bond donors (Lipinski definition) is 1. The number of amides is 1. The lowest BCUT2D eigenvalue weighted by molar-refractivity contribution is -0.132. The molecule has 1 N–H and O–H groups in total. The third-order valence-corrected chi connectivity index (χ3v) is 3.60. The van der Waals surface area contributed by atoms with Gasteiger partial charge in [-0.1, -0.05) is 6.07 Å². The van der Waals surface area contributed by atoms with Crippen molar-refractivity contribution in [2.75, 3.05) is 7.05 Å². The molecule has 2 rings (SSSR count). The number of benzene rings is 1. The van der Waals surface area contributed by atoms with Crippen molar-refractivity contribution in [1.82, 2.24) is 14.5 Å². The lowest BCUT2D eigenvalue weighted by Gasteiger charge is -2.25. The zero-order valence-electron chi connectivity index (χ0n) is 12.5. The van der Waals surface area contributed by atoms with Crippen molar-refractivity contribution in [3.63, 3.8) is 0 Å². The van der Waals surface area contributed by atoms with Crippen molar-refractivity contribution in [2.24, 2.45) is 0 Å². The molecule has 0 saturated carbocycles. The van der Waals surface area contributed by atoms with E-state index in [1.54, 1.807) is 6.92 Å². The van der Waals surface area contributed by atoms with Crippen molar-refractivity contribution in [1.29, 1.82) is 0 Å². The standard InChI is InChI=1S/C15H15F2N3O3/c1-9(10-3-4-11(16)12(17)7-10)19(2)14(22)8-20-6-5-13(21)18-15(20)23/h3-7,9H,8H2,1-2H3,(H,18,21,23)/t9-/m0/s1. The zero-order valence-corrected chi connectivity index (χ0v) is 12.5. The van der Waals surface area contributed by atoms with Gasteiger partial charge < -0.3 is 4.90 Å². The fourth-order valence-corrected chi connectivity index (χ4v) is 2.04. The number of carbonyl (C=O) groups is 1. The highest BCUT2D eigenvalue weighted by atomic mass is 19.2. The summed E-state index contributed by atoms with van der Waals surface area (Å²) in [5.41, 5.74) is -0.824. The van der Waals surface area contributed by atoms with Gasteiger partial charge in [-0.3, -0.25) is 19.1 Å². The van der Waals surface area contributed by atoms with Crippen molar-refractivity contribution in [3.8, 4) is 0 Å². The Kier molecular flexibility index (Phi) is 4.73. The van der Waals surface area contributed by atoms with Gasteiger partial charge in [0, 0.05) is 19.3 Å². The number of rotatable bonds is 4. The van der Waals surface area contributed by atoms with Crippen LogP contribution >= 0.6 is 0 Å². The molecule has 0 aliphatic rings. The smallest absolute Gasteiger partial charge is 0.328 e. The van der Waals surface area contributed by atoms with E-state index in [-0.39, 0.29) is 6.54 Å². The molecular weight excluding hydrogens is 308 g/mol. The van der Waals surface area contributed by atoms with Gasteiger partial charge in [-0.25, -0.2) is 13.6 Å². The molecule has 1 aromatic heterocycles. The van der Waals surface area contributed by atoms with Crippen LogP contribution in [-0.2, 0) is 11.3 Å². The van der Waals surface area contributed by atoms with Gasteiger partial charge in [0.25, 0.3) is 5.56 Å². The Morgan fingerprint density at radius 1 is 1.26 bits per heavy atom. The number of likely N-dealkylation sites (N-methyl/N-ethyl adjacent to an activating group) is 1. The van der Waals surface area contributed by atoms with Crippen LogP contribution in [0.3, 0.4) is 0 Å². The quantitative estimate of drug-likeness (QED) is 0.913. The van der Waals surface area contributed by atoms with Gasteiger partial charge in [-0.05, 0) is 24.6 Å². The number of nitrogens with one attached hydrogen (secondary N) is 1. The average Bonchev–Trinajstić information content (AvgIpc) is 2.51. The minimum Gasteiger partial charge on any atom is -0.337 e. The SMILES string of the molecule is C[C@@H](c1ccc(F)c(F)c1)N(C)C(=O)Cn1ccc(=O)[nH]c1=O. The number of aromatic amines is 1. The van der Waals surface area contributed by atoms with E-state index in [1.807, 2.05) is 4.98 Å². The van der Waals surface area contributed by atoms with Crippen LogP contribution in [0.4, 0.5) is 8.78 Å². The first-order chi connectivity index (χ1) is 10.8. The van der Waals surface area contributed by atoms with E-state index in [0.29, 0.717) is 5.56 Å². The molecule has 0 bridgehead atoms. The van der Waals surface area contributed by atoms with Crippen LogP contribution in [-0.4, -0.2) is 27.4 Å². The number of aromatic nitrogens is 2. The van der Waals surface area contributed by atoms with Crippen LogP contribution in [0.2, 0.25) is 0 Å². The van der Waals surface area contributed by atoms with E-state index in [2.05, 4.69) is 0 Å². The zero-order chi connectivity index (χ0) is 17.1. The summed E-state index contributed by atoms with van der Waals surface area (Å²) in [7, 11) is 1.49. The molecule has 2 aromatic rings. The van der Waals surface area contributed by atoms with E-state index in [0.717, 1.165) is 22.8 Å². The van der Waals surface area contributed by atoms with Crippen molar-refractivity contribution in [3.05, 3.63) is 68.5 Å². The van der Waals surface area contributed by atoms with Gasteiger partial charge in [0.05, 0.1) is 6.04 Å². The second-order valence-corrected chi connectivity index (χ2v) is 5.09. The first kappa shape index (κ1) is 16.6. The maximum absolute atomic E-state index is 13.3. The second kappa shape index (κ2) is 6.55. The summed E-state index contributed by atoms with van der Waals surface area (Å²) >= 11 is 0. The first-order valence-corrected chi connectivity index (χ1v) is 6.80. The fourth-order valence-electron chi connectivity index (χ4n) is 2.04. The van der Waals surface area contributed by atoms with Gasteiger partial charge in [-0.15, -0.1) is 0 Å². The number of H-pyrrole nitrogens is 1. The molecular formula is C15H15F2N3O3. The topological polar surface area (TPSA) is 75.2 Å². The maximum Gasteiger partial charge on any atom is 0.328 e.